The second kappa shape index (κ2) is 13.7. The summed E-state index contributed by atoms with van der Waals surface area (Å²) in [4.78, 5) is 16.1. The lowest BCUT2D eigenvalue weighted by Crippen LogP contribution is -2.36. The SMILES string of the molecule is CCCOc1cnc(N2CCC(c3nc4c(c(C5CCC(F)(F)CC5)c3C(F)c3ccc(C(F)(F)F)cc3)C(O)CC(C)(C)C4)CC2)nc1. The molecule has 3 aromatic rings. The van der Waals surface area contributed by atoms with Crippen molar-refractivity contribution in [2.45, 2.75) is 115 Å². The fourth-order valence-corrected chi connectivity index (χ4v) is 7.84. The van der Waals surface area contributed by atoms with E-state index >= 15 is 4.39 Å². The first-order chi connectivity index (χ1) is 23.2. The number of pyridine rings is 1. The molecule has 0 spiro atoms. The van der Waals surface area contributed by atoms with E-state index in [-0.39, 0.29) is 48.1 Å². The third-order valence-corrected chi connectivity index (χ3v) is 10.3. The molecule has 1 N–H and O–H groups in total. The molecule has 0 bridgehead atoms. The van der Waals surface area contributed by atoms with Crippen LogP contribution in [0.2, 0.25) is 0 Å². The fourth-order valence-electron chi connectivity index (χ4n) is 7.84. The van der Waals surface area contributed by atoms with Crippen molar-refractivity contribution in [3.05, 3.63) is 75.9 Å². The number of fused-ring (bicyclic) bond motifs is 1. The number of aromatic nitrogens is 3. The molecule has 266 valence electrons. The number of hydrogen-bond acceptors (Lipinski definition) is 6. The molecular formula is C37H44F6N4O2. The number of nitrogens with zero attached hydrogens (tertiary/aromatic N) is 4. The number of ether oxygens (including phenoxy) is 1. The molecule has 0 radical (unpaired) electrons. The van der Waals surface area contributed by atoms with Gasteiger partial charge in [0, 0.05) is 48.7 Å². The van der Waals surface area contributed by atoms with Gasteiger partial charge in [0.25, 0.3) is 0 Å². The molecule has 3 heterocycles. The Balaban J connectivity index is 1.42. The van der Waals surface area contributed by atoms with Crippen LogP contribution >= 0.6 is 0 Å². The number of anilines is 1. The lowest BCUT2D eigenvalue weighted by atomic mass is 9.68. The molecule has 2 unspecified atom stereocenters. The molecule has 1 saturated heterocycles. The first-order valence-electron chi connectivity index (χ1n) is 17.3. The van der Waals surface area contributed by atoms with Crippen molar-refractivity contribution in [2.24, 2.45) is 5.41 Å². The van der Waals surface area contributed by atoms with Gasteiger partial charge in [0.1, 0.15) is 0 Å². The lowest BCUT2D eigenvalue weighted by molar-refractivity contribution is -0.137. The van der Waals surface area contributed by atoms with Gasteiger partial charge < -0.3 is 14.7 Å². The van der Waals surface area contributed by atoms with Crippen molar-refractivity contribution in [1.29, 1.82) is 0 Å². The maximum atomic E-state index is 17.2. The molecular weight excluding hydrogens is 646 g/mol. The fraction of sp³-hybridized carbons (Fsp3) is 0.595. The smallest absolute Gasteiger partial charge is 0.416 e. The van der Waals surface area contributed by atoms with Gasteiger partial charge >= 0.3 is 6.18 Å². The minimum absolute atomic E-state index is 0.0280. The molecule has 3 aliphatic rings. The number of benzene rings is 1. The maximum Gasteiger partial charge on any atom is 0.416 e. The van der Waals surface area contributed by atoms with Gasteiger partial charge in [-0.1, -0.05) is 32.9 Å². The minimum Gasteiger partial charge on any atom is -0.490 e. The molecule has 0 amide bonds. The van der Waals surface area contributed by atoms with E-state index in [0.29, 0.717) is 79.6 Å². The Hall–Kier alpha value is -3.41. The Morgan fingerprint density at radius 1 is 0.959 bits per heavy atom. The topological polar surface area (TPSA) is 71.4 Å². The van der Waals surface area contributed by atoms with Gasteiger partial charge in [0.15, 0.2) is 11.9 Å². The van der Waals surface area contributed by atoms with E-state index in [1.54, 1.807) is 12.4 Å². The number of halogens is 6. The van der Waals surface area contributed by atoms with Crippen LogP contribution in [0.5, 0.6) is 5.75 Å². The van der Waals surface area contributed by atoms with Crippen LogP contribution in [0.15, 0.2) is 36.7 Å². The van der Waals surface area contributed by atoms with E-state index in [0.717, 1.165) is 30.7 Å². The van der Waals surface area contributed by atoms with Crippen molar-refractivity contribution in [3.8, 4) is 5.75 Å². The van der Waals surface area contributed by atoms with E-state index in [2.05, 4.69) is 9.97 Å². The third kappa shape index (κ3) is 7.68. The number of aliphatic hydroxyl groups is 1. The lowest BCUT2D eigenvalue weighted by Gasteiger charge is -2.41. The molecule has 6 nitrogen and oxygen atoms in total. The van der Waals surface area contributed by atoms with Crippen LogP contribution in [0.4, 0.5) is 32.3 Å². The van der Waals surface area contributed by atoms with Crippen molar-refractivity contribution in [1.82, 2.24) is 15.0 Å². The molecule has 2 fully saturated rings. The van der Waals surface area contributed by atoms with E-state index in [1.807, 2.05) is 25.7 Å². The molecule has 2 aromatic heterocycles. The average Bonchev–Trinajstić information content (AvgIpc) is 3.06. The zero-order valence-corrected chi connectivity index (χ0v) is 28.2. The summed E-state index contributed by atoms with van der Waals surface area (Å²) >= 11 is 0. The van der Waals surface area contributed by atoms with Crippen LogP contribution in [0, 0.1) is 5.41 Å². The first-order valence-corrected chi connectivity index (χ1v) is 17.3. The van der Waals surface area contributed by atoms with Gasteiger partial charge in [-0.25, -0.2) is 23.1 Å². The zero-order chi connectivity index (χ0) is 35.1. The molecule has 1 saturated carbocycles. The van der Waals surface area contributed by atoms with Crippen LogP contribution in [-0.4, -0.2) is 45.7 Å². The Bertz CT molecular complexity index is 1600. The summed E-state index contributed by atoms with van der Waals surface area (Å²) in [5, 5.41) is 11.6. The number of piperidine rings is 1. The summed E-state index contributed by atoms with van der Waals surface area (Å²) in [6.45, 7) is 7.74. The highest BCUT2D eigenvalue weighted by Gasteiger charge is 2.44. The maximum absolute atomic E-state index is 17.2. The minimum atomic E-state index is -4.58. The van der Waals surface area contributed by atoms with Crippen LogP contribution < -0.4 is 9.64 Å². The summed E-state index contributed by atoms with van der Waals surface area (Å²) in [7, 11) is 0. The summed E-state index contributed by atoms with van der Waals surface area (Å²) in [5.74, 6) is -2.37. The summed E-state index contributed by atoms with van der Waals surface area (Å²) in [5.41, 5.74) is 1.26. The quantitative estimate of drug-likeness (QED) is 0.238. The second-order valence-corrected chi connectivity index (χ2v) is 14.7. The van der Waals surface area contributed by atoms with Crippen molar-refractivity contribution >= 4 is 5.95 Å². The van der Waals surface area contributed by atoms with Crippen LogP contribution in [0.1, 0.15) is 135 Å². The predicted molar refractivity (Wildman–Crippen MR) is 174 cm³/mol. The summed E-state index contributed by atoms with van der Waals surface area (Å²) in [6, 6.07) is 4.01. The van der Waals surface area contributed by atoms with Crippen LogP contribution in [-0.2, 0) is 12.6 Å². The van der Waals surface area contributed by atoms with E-state index < -0.39 is 35.9 Å². The van der Waals surface area contributed by atoms with Crippen molar-refractivity contribution in [3.63, 3.8) is 0 Å². The average molecular weight is 691 g/mol. The van der Waals surface area contributed by atoms with Crippen LogP contribution in [0.25, 0.3) is 0 Å². The molecule has 1 aromatic carbocycles. The van der Waals surface area contributed by atoms with E-state index in [1.165, 1.54) is 0 Å². The van der Waals surface area contributed by atoms with Gasteiger partial charge in [0.05, 0.1) is 36.4 Å². The standard InChI is InChI=1S/C37H44F6N4O2/c1-4-17-49-26-20-44-34(45-21-26)47-15-11-24(12-16-47)33-31(32(38)23-5-7-25(8-6-23)37(41,42)43)29(22-9-13-36(39,40)14-10-22)30-27(46-33)18-35(2,3)19-28(30)48/h5-8,20-22,24,28,32,48H,4,9-19H2,1-3H3. The molecule has 49 heavy (non-hydrogen) atoms. The highest BCUT2D eigenvalue weighted by Crippen LogP contribution is 2.52. The number of hydrogen-bond donors (Lipinski definition) is 1. The van der Waals surface area contributed by atoms with Crippen molar-refractivity contribution < 1.29 is 36.2 Å². The Labute approximate surface area is 283 Å². The first kappa shape index (κ1) is 35.4. The highest BCUT2D eigenvalue weighted by atomic mass is 19.4. The molecule has 1 aliphatic heterocycles. The number of rotatable bonds is 8. The van der Waals surface area contributed by atoms with Gasteiger partial charge in [-0.15, -0.1) is 0 Å². The molecule has 2 atom stereocenters. The van der Waals surface area contributed by atoms with Crippen molar-refractivity contribution in [2.75, 3.05) is 24.6 Å². The summed E-state index contributed by atoms with van der Waals surface area (Å²) < 4.78 is 92.0. The normalized spacial score (nSPS) is 22.1. The monoisotopic (exact) mass is 690 g/mol. The molecule has 2 aliphatic carbocycles. The predicted octanol–water partition coefficient (Wildman–Crippen LogP) is 9.42. The van der Waals surface area contributed by atoms with E-state index in [9.17, 15) is 27.1 Å². The Morgan fingerprint density at radius 3 is 2.18 bits per heavy atom. The molecule has 12 heteroatoms. The van der Waals surface area contributed by atoms with Crippen LogP contribution in [0.3, 0.4) is 0 Å². The second-order valence-electron chi connectivity index (χ2n) is 14.7. The van der Waals surface area contributed by atoms with Gasteiger partial charge in [-0.3, -0.25) is 4.98 Å². The third-order valence-electron chi connectivity index (χ3n) is 10.3. The van der Waals surface area contributed by atoms with Gasteiger partial charge in [-0.05, 0) is 79.5 Å². The van der Waals surface area contributed by atoms with E-state index in [4.69, 9.17) is 9.72 Å². The van der Waals surface area contributed by atoms with Gasteiger partial charge in [0.2, 0.25) is 11.9 Å². The number of alkyl halides is 6. The number of aliphatic hydroxyl groups excluding tert-OH is 1. The highest BCUT2D eigenvalue weighted by molar-refractivity contribution is 5.51. The van der Waals surface area contributed by atoms with Gasteiger partial charge in [-0.2, -0.15) is 13.2 Å². The Morgan fingerprint density at radius 2 is 1.59 bits per heavy atom. The Kier molecular flexibility index (Phi) is 9.92. The largest absolute Gasteiger partial charge is 0.490 e. The molecule has 6 rings (SSSR count). The summed E-state index contributed by atoms with van der Waals surface area (Å²) in [6.07, 6.45) is -1.72. The zero-order valence-electron chi connectivity index (χ0n) is 28.2.